The summed E-state index contributed by atoms with van der Waals surface area (Å²) < 4.78 is 13.1. The number of benzene rings is 1. The number of hydrogen-bond donors (Lipinski definition) is 1. The molecule has 1 aromatic heterocycles. The van der Waals surface area contributed by atoms with Crippen LogP contribution in [0.3, 0.4) is 0 Å². The second kappa shape index (κ2) is 2.24. The molecule has 0 aliphatic rings. The van der Waals surface area contributed by atoms with Crippen molar-refractivity contribution in [2.75, 3.05) is 0 Å². The molecule has 1 radical (unpaired) electrons. The first-order valence-electron chi connectivity index (χ1n) is 3.63. The normalized spacial score (nSPS) is 10.8. The predicted octanol–water partition coefficient (Wildman–Crippen LogP) is 2.76. The summed E-state index contributed by atoms with van der Waals surface area (Å²) in [4.78, 5) is 2.95. The van der Waals surface area contributed by atoms with Crippen LogP contribution in [0.1, 0.15) is 5.69 Å². The van der Waals surface area contributed by atoms with Crippen molar-refractivity contribution >= 4 is 10.9 Å². The Morgan fingerprint density at radius 1 is 1.42 bits per heavy atom. The van der Waals surface area contributed by atoms with Gasteiger partial charge in [0.2, 0.25) is 5.75 Å². The van der Waals surface area contributed by atoms with Crippen molar-refractivity contribution in [2.45, 2.75) is 6.92 Å². The highest BCUT2D eigenvalue weighted by Crippen LogP contribution is 2.25. The highest BCUT2D eigenvalue weighted by Gasteiger charge is 2.08. The Hall–Kier alpha value is -1.51. The van der Waals surface area contributed by atoms with Gasteiger partial charge in [0, 0.05) is 16.6 Å². The molecule has 0 bridgehead atoms. The molecule has 2 aromatic rings. The number of aryl methyl sites for hydroxylation is 1. The van der Waals surface area contributed by atoms with E-state index in [-0.39, 0.29) is 0 Å². The number of aromatic amines is 1. The van der Waals surface area contributed by atoms with Gasteiger partial charge in [0.05, 0.1) is 0 Å². The van der Waals surface area contributed by atoms with Crippen LogP contribution in [0.4, 0.5) is 4.39 Å². The standard InChI is InChI=1S/C9H7FNO/c1-5-4-6-7(11-5)2-3-8(12)9(6)10/h2-4,11H,1H3. The highest BCUT2D eigenvalue weighted by molar-refractivity contribution is 5.82. The van der Waals surface area contributed by atoms with E-state index in [9.17, 15) is 9.50 Å². The Morgan fingerprint density at radius 3 is 2.92 bits per heavy atom. The van der Waals surface area contributed by atoms with Crippen molar-refractivity contribution in [2.24, 2.45) is 0 Å². The molecule has 1 heterocycles. The van der Waals surface area contributed by atoms with Gasteiger partial charge in [-0.3, -0.25) is 5.11 Å². The van der Waals surface area contributed by atoms with E-state index < -0.39 is 11.6 Å². The number of halogens is 1. The van der Waals surface area contributed by atoms with Crippen LogP contribution in [-0.4, -0.2) is 4.98 Å². The van der Waals surface area contributed by atoms with Crippen molar-refractivity contribution in [3.8, 4) is 5.75 Å². The van der Waals surface area contributed by atoms with E-state index in [1.807, 2.05) is 6.92 Å². The first-order chi connectivity index (χ1) is 5.68. The molecule has 3 heteroatoms. The van der Waals surface area contributed by atoms with E-state index in [2.05, 4.69) is 4.98 Å². The summed E-state index contributed by atoms with van der Waals surface area (Å²) in [7, 11) is 0. The average molecular weight is 164 g/mol. The van der Waals surface area contributed by atoms with Crippen LogP contribution in [-0.2, 0) is 5.11 Å². The molecule has 2 nitrogen and oxygen atoms in total. The molecule has 0 unspecified atom stereocenters. The summed E-state index contributed by atoms with van der Waals surface area (Å²) in [5.74, 6) is -1.22. The molecule has 0 saturated heterocycles. The number of rotatable bonds is 0. The van der Waals surface area contributed by atoms with E-state index in [4.69, 9.17) is 0 Å². The summed E-state index contributed by atoms with van der Waals surface area (Å²) in [5.41, 5.74) is 1.53. The number of H-pyrrole nitrogens is 1. The Kier molecular flexibility index (Phi) is 1.33. The predicted molar refractivity (Wildman–Crippen MR) is 43.1 cm³/mol. The quantitative estimate of drug-likeness (QED) is 0.621. The van der Waals surface area contributed by atoms with Gasteiger partial charge in [0.15, 0.2) is 5.82 Å². The molecular weight excluding hydrogens is 157 g/mol. The van der Waals surface area contributed by atoms with E-state index in [1.165, 1.54) is 6.07 Å². The topological polar surface area (TPSA) is 35.7 Å². The number of fused-ring (bicyclic) bond motifs is 1. The lowest BCUT2D eigenvalue weighted by Gasteiger charge is -1.91. The average Bonchev–Trinajstić information content (AvgIpc) is 2.39. The molecule has 0 fully saturated rings. The van der Waals surface area contributed by atoms with Crippen molar-refractivity contribution in [1.29, 1.82) is 0 Å². The Labute approximate surface area is 68.6 Å². The van der Waals surface area contributed by atoms with E-state index in [0.29, 0.717) is 10.9 Å². The Bertz CT molecular complexity index is 433. The van der Waals surface area contributed by atoms with Gasteiger partial charge in [-0.15, -0.1) is 0 Å². The van der Waals surface area contributed by atoms with Crippen LogP contribution in [0.25, 0.3) is 10.9 Å². The van der Waals surface area contributed by atoms with E-state index in [1.54, 1.807) is 12.1 Å². The third-order valence-corrected chi connectivity index (χ3v) is 1.84. The summed E-state index contributed by atoms with van der Waals surface area (Å²) in [5, 5.41) is 11.2. The van der Waals surface area contributed by atoms with Crippen LogP contribution < -0.4 is 0 Å². The van der Waals surface area contributed by atoms with Crippen LogP contribution >= 0.6 is 0 Å². The van der Waals surface area contributed by atoms with Crippen molar-refractivity contribution in [3.05, 3.63) is 29.7 Å². The molecule has 2 rings (SSSR count). The highest BCUT2D eigenvalue weighted by atomic mass is 19.1. The molecule has 12 heavy (non-hydrogen) atoms. The summed E-state index contributed by atoms with van der Waals surface area (Å²) >= 11 is 0. The zero-order valence-electron chi connectivity index (χ0n) is 6.52. The fraction of sp³-hybridized carbons (Fsp3) is 0.111. The first kappa shape index (κ1) is 7.16. The van der Waals surface area contributed by atoms with Crippen molar-refractivity contribution in [3.63, 3.8) is 0 Å². The minimum Gasteiger partial charge on any atom is -0.359 e. The molecule has 0 aliphatic heterocycles. The van der Waals surface area contributed by atoms with Gasteiger partial charge in [0.25, 0.3) is 0 Å². The van der Waals surface area contributed by atoms with Gasteiger partial charge in [-0.1, -0.05) is 0 Å². The van der Waals surface area contributed by atoms with Crippen molar-refractivity contribution < 1.29 is 9.50 Å². The molecule has 0 aliphatic carbocycles. The second-order valence-corrected chi connectivity index (χ2v) is 2.79. The first-order valence-corrected chi connectivity index (χ1v) is 3.63. The summed E-state index contributed by atoms with van der Waals surface area (Å²) in [6, 6.07) is 4.45. The number of nitrogens with one attached hydrogen (secondary N) is 1. The molecule has 0 saturated carbocycles. The maximum absolute atomic E-state index is 13.1. The van der Waals surface area contributed by atoms with Gasteiger partial charge in [-0.2, -0.15) is 0 Å². The monoisotopic (exact) mass is 164 g/mol. The molecule has 0 atom stereocenters. The van der Waals surface area contributed by atoms with Gasteiger partial charge >= 0.3 is 0 Å². The summed E-state index contributed by atoms with van der Waals surface area (Å²) in [6.07, 6.45) is 0. The van der Waals surface area contributed by atoms with Gasteiger partial charge in [-0.05, 0) is 25.1 Å². The van der Waals surface area contributed by atoms with E-state index >= 15 is 0 Å². The lowest BCUT2D eigenvalue weighted by Crippen LogP contribution is -1.75. The zero-order chi connectivity index (χ0) is 8.72. The minimum atomic E-state index is -0.670. The number of aromatic nitrogens is 1. The van der Waals surface area contributed by atoms with Gasteiger partial charge in [-0.25, -0.2) is 4.39 Å². The molecule has 0 spiro atoms. The third-order valence-electron chi connectivity index (χ3n) is 1.84. The van der Waals surface area contributed by atoms with Crippen molar-refractivity contribution in [1.82, 2.24) is 4.98 Å². The molecule has 1 N–H and O–H groups in total. The van der Waals surface area contributed by atoms with Gasteiger partial charge in [0.1, 0.15) is 0 Å². The second-order valence-electron chi connectivity index (χ2n) is 2.79. The third kappa shape index (κ3) is 0.863. The molecular formula is C9H7FNO. The fourth-order valence-electron chi connectivity index (χ4n) is 1.29. The number of hydrogen-bond acceptors (Lipinski definition) is 0. The van der Waals surface area contributed by atoms with Gasteiger partial charge < -0.3 is 4.98 Å². The lowest BCUT2D eigenvalue weighted by atomic mass is 10.2. The minimum absolute atomic E-state index is 0.375. The fourth-order valence-corrected chi connectivity index (χ4v) is 1.29. The van der Waals surface area contributed by atoms with Crippen LogP contribution in [0, 0.1) is 12.7 Å². The van der Waals surface area contributed by atoms with Crippen LogP contribution in [0.2, 0.25) is 0 Å². The van der Waals surface area contributed by atoms with E-state index in [0.717, 1.165) is 5.69 Å². The van der Waals surface area contributed by atoms with Crippen LogP contribution in [0.15, 0.2) is 18.2 Å². The Morgan fingerprint density at radius 2 is 2.17 bits per heavy atom. The molecule has 61 valence electrons. The smallest absolute Gasteiger partial charge is 0.214 e. The largest absolute Gasteiger partial charge is 0.359 e. The zero-order valence-corrected chi connectivity index (χ0v) is 6.52. The maximum Gasteiger partial charge on any atom is 0.214 e. The van der Waals surface area contributed by atoms with Crippen LogP contribution in [0.5, 0.6) is 5.75 Å². The molecule has 1 aromatic carbocycles. The summed E-state index contributed by atoms with van der Waals surface area (Å²) in [6.45, 7) is 1.82. The maximum atomic E-state index is 13.1. The molecule has 0 amide bonds. The SMILES string of the molecule is Cc1cc2c(F)c([O])ccc2[nH]1. The Balaban J connectivity index is 2.89. The lowest BCUT2D eigenvalue weighted by molar-refractivity contribution is 0.332.